The average Bonchev–Trinajstić information content (AvgIpc) is 2.73. The summed E-state index contributed by atoms with van der Waals surface area (Å²) < 4.78 is 2.32. The van der Waals surface area contributed by atoms with Gasteiger partial charge in [-0.25, -0.2) is 0 Å². The van der Waals surface area contributed by atoms with Gasteiger partial charge in [0.25, 0.3) is 0 Å². The fraction of sp³-hybridized carbons (Fsp3) is 0.467. The van der Waals surface area contributed by atoms with E-state index in [1.807, 2.05) is 0 Å². The van der Waals surface area contributed by atoms with Gasteiger partial charge < -0.3 is 14.8 Å². The molecule has 0 bridgehead atoms. The van der Waals surface area contributed by atoms with Crippen molar-refractivity contribution >= 4 is 10.9 Å². The van der Waals surface area contributed by atoms with Crippen molar-refractivity contribution in [1.29, 1.82) is 0 Å². The number of hydrogen-bond acceptors (Lipinski definition) is 2. The summed E-state index contributed by atoms with van der Waals surface area (Å²) in [5.74, 6) is 0. The lowest BCUT2D eigenvalue weighted by Gasteiger charge is -2.09. The molecule has 0 aliphatic heterocycles. The van der Waals surface area contributed by atoms with Crippen LogP contribution in [0.25, 0.3) is 10.9 Å². The minimum Gasteiger partial charge on any atom is -0.347 e. The van der Waals surface area contributed by atoms with E-state index in [-0.39, 0.29) is 0 Å². The highest BCUT2D eigenvalue weighted by Crippen LogP contribution is 2.20. The highest BCUT2D eigenvalue weighted by atomic mass is 15.1. The molecule has 3 nitrogen and oxygen atoms in total. The van der Waals surface area contributed by atoms with Gasteiger partial charge in [-0.15, -0.1) is 0 Å². The summed E-state index contributed by atoms with van der Waals surface area (Å²) in [6, 6.07) is 8.63. The second-order valence-corrected chi connectivity index (χ2v) is 4.94. The van der Waals surface area contributed by atoms with Crippen molar-refractivity contribution in [3.05, 3.63) is 36.0 Å². The van der Waals surface area contributed by atoms with Crippen LogP contribution < -0.4 is 5.32 Å². The Kier molecular flexibility index (Phi) is 4.39. The molecule has 0 fully saturated rings. The smallest absolute Gasteiger partial charge is 0.0483 e. The zero-order chi connectivity index (χ0) is 13.0. The van der Waals surface area contributed by atoms with Crippen molar-refractivity contribution in [2.24, 2.45) is 0 Å². The van der Waals surface area contributed by atoms with Gasteiger partial charge in [0, 0.05) is 43.3 Å². The Morgan fingerprint density at radius 1 is 1.22 bits per heavy atom. The molecule has 0 saturated heterocycles. The number of nitrogens with zero attached hydrogens (tertiary/aromatic N) is 2. The van der Waals surface area contributed by atoms with E-state index in [0.717, 1.165) is 26.2 Å². The Hall–Kier alpha value is -1.32. The number of rotatable bonds is 6. The van der Waals surface area contributed by atoms with Crippen LogP contribution in [0.15, 0.2) is 30.5 Å². The summed E-state index contributed by atoms with van der Waals surface area (Å²) in [4.78, 5) is 2.20. The van der Waals surface area contributed by atoms with Crippen molar-refractivity contribution in [3.8, 4) is 0 Å². The molecule has 0 aliphatic rings. The summed E-state index contributed by atoms with van der Waals surface area (Å²) in [6.07, 6.45) is 2.27. The first kappa shape index (κ1) is 13.1. The van der Waals surface area contributed by atoms with Gasteiger partial charge in [-0.2, -0.15) is 0 Å². The molecule has 1 aromatic heterocycles. The topological polar surface area (TPSA) is 20.2 Å². The first-order valence-corrected chi connectivity index (χ1v) is 6.64. The maximum atomic E-state index is 3.51. The first-order valence-electron chi connectivity index (χ1n) is 6.64. The monoisotopic (exact) mass is 245 g/mol. The molecule has 2 aromatic rings. The molecule has 0 amide bonds. The SMILES string of the molecule is CCn1cc(CNCCN(C)C)c2ccccc21. The predicted molar refractivity (Wildman–Crippen MR) is 77.9 cm³/mol. The lowest BCUT2D eigenvalue weighted by Crippen LogP contribution is -2.26. The molecular formula is C15H23N3. The molecular weight excluding hydrogens is 222 g/mol. The second-order valence-electron chi connectivity index (χ2n) is 4.94. The van der Waals surface area contributed by atoms with Crippen LogP contribution in [0, 0.1) is 0 Å². The van der Waals surface area contributed by atoms with E-state index in [1.165, 1.54) is 16.5 Å². The van der Waals surface area contributed by atoms with E-state index in [1.54, 1.807) is 0 Å². The van der Waals surface area contributed by atoms with Gasteiger partial charge >= 0.3 is 0 Å². The van der Waals surface area contributed by atoms with Crippen LogP contribution in [0.2, 0.25) is 0 Å². The standard InChI is InChI=1S/C15H23N3/c1-4-18-12-13(11-16-9-10-17(2)3)14-7-5-6-8-15(14)18/h5-8,12,16H,4,9-11H2,1-3H3. The van der Waals surface area contributed by atoms with Crippen LogP contribution in [0.1, 0.15) is 12.5 Å². The maximum Gasteiger partial charge on any atom is 0.0483 e. The van der Waals surface area contributed by atoms with Crippen molar-refractivity contribution in [2.75, 3.05) is 27.2 Å². The lowest BCUT2D eigenvalue weighted by molar-refractivity contribution is 0.400. The number of nitrogens with one attached hydrogen (secondary N) is 1. The van der Waals surface area contributed by atoms with Crippen LogP contribution in [0.5, 0.6) is 0 Å². The molecule has 1 aromatic carbocycles. The Morgan fingerprint density at radius 3 is 2.72 bits per heavy atom. The Labute approximate surface area is 109 Å². The number of fused-ring (bicyclic) bond motifs is 1. The average molecular weight is 245 g/mol. The van der Waals surface area contributed by atoms with Gasteiger partial charge in [0.05, 0.1) is 0 Å². The molecule has 98 valence electrons. The molecule has 3 heteroatoms. The number of benzene rings is 1. The number of likely N-dealkylation sites (N-methyl/N-ethyl adjacent to an activating group) is 1. The fourth-order valence-corrected chi connectivity index (χ4v) is 2.25. The highest BCUT2D eigenvalue weighted by Gasteiger charge is 2.06. The van der Waals surface area contributed by atoms with Crippen LogP contribution in [0.4, 0.5) is 0 Å². The highest BCUT2D eigenvalue weighted by molar-refractivity contribution is 5.83. The van der Waals surface area contributed by atoms with E-state index in [9.17, 15) is 0 Å². The quantitative estimate of drug-likeness (QED) is 0.788. The Bertz CT molecular complexity index is 499. The van der Waals surface area contributed by atoms with Gasteiger partial charge in [0.2, 0.25) is 0 Å². The second kappa shape index (κ2) is 6.03. The summed E-state index contributed by atoms with van der Waals surface area (Å²) in [5, 5.41) is 4.88. The fourth-order valence-electron chi connectivity index (χ4n) is 2.25. The number of aryl methyl sites for hydroxylation is 1. The normalized spacial score (nSPS) is 11.6. The Morgan fingerprint density at radius 2 is 2.00 bits per heavy atom. The molecule has 0 saturated carbocycles. The third-order valence-corrected chi connectivity index (χ3v) is 3.26. The first-order chi connectivity index (χ1) is 8.72. The van der Waals surface area contributed by atoms with Crippen LogP contribution in [0.3, 0.4) is 0 Å². The van der Waals surface area contributed by atoms with Crippen molar-refractivity contribution in [2.45, 2.75) is 20.0 Å². The van der Waals surface area contributed by atoms with Gasteiger partial charge in [0.15, 0.2) is 0 Å². The van der Waals surface area contributed by atoms with Gasteiger partial charge in [0.1, 0.15) is 0 Å². The number of para-hydroxylation sites is 1. The molecule has 0 atom stereocenters. The molecule has 2 rings (SSSR count). The zero-order valence-electron chi connectivity index (χ0n) is 11.6. The molecule has 0 unspecified atom stereocenters. The molecule has 18 heavy (non-hydrogen) atoms. The van der Waals surface area contributed by atoms with E-state index in [0.29, 0.717) is 0 Å². The van der Waals surface area contributed by atoms with Crippen LogP contribution in [-0.2, 0) is 13.1 Å². The Balaban J connectivity index is 2.08. The number of hydrogen-bond donors (Lipinski definition) is 1. The van der Waals surface area contributed by atoms with Crippen LogP contribution in [-0.4, -0.2) is 36.7 Å². The van der Waals surface area contributed by atoms with Crippen molar-refractivity contribution < 1.29 is 0 Å². The zero-order valence-corrected chi connectivity index (χ0v) is 11.6. The maximum absolute atomic E-state index is 3.51. The summed E-state index contributed by atoms with van der Waals surface area (Å²) in [5.41, 5.74) is 2.73. The third kappa shape index (κ3) is 2.92. The summed E-state index contributed by atoms with van der Waals surface area (Å²) in [7, 11) is 4.20. The van der Waals surface area contributed by atoms with Crippen LogP contribution >= 0.6 is 0 Å². The van der Waals surface area contributed by atoms with Gasteiger partial charge in [-0.05, 0) is 32.6 Å². The summed E-state index contributed by atoms with van der Waals surface area (Å²) in [6.45, 7) is 6.26. The van der Waals surface area contributed by atoms with E-state index < -0.39 is 0 Å². The minimum atomic E-state index is 0.946. The molecule has 0 spiro atoms. The van der Waals surface area contributed by atoms with E-state index >= 15 is 0 Å². The van der Waals surface area contributed by atoms with Crippen molar-refractivity contribution in [1.82, 2.24) is 14.8 Å². The largest absolute Gasteiger partial charge is 0.347 e. The third-order valence-electron chi connectivity index (χ3n) is 3.26. The van der Waals surface area contributed by atoms with Crippen molar-refractivity contribution in [3.63, 3.8) is 0 Å². The number of aromatic nitrogens is 1. The summed E-state index contributed by atoms with van der Waals surface area (Å²) >= 11 is 0. The predicted octanol–water partition coefficient (Wildman–Crippen LogP) is 2.31. The molecule has 0 radical (unpaired) electrons. The molecule has 0 aliphatic carbocycles. The minimum absolute atomic E-state index is 0.946. The van der Waals surface area contributed by atoms with E-state index in [2.05, 4.69) is 66.3 Å². The lowest BCUT2D eigenvalue weighted by atomic mass is 10.2. The molecule has 1 N–H and O–H groups in total. The van der Waals surface area contributed by atoms with Gasteiger partial charge in [-0.3, -0.25) is 0 Å². The van der Waals surface area contributed by atoms with E-state index in [4.69, 9.17) is 0 Å². The molecule has 1 heterocycles. The van der Waals surface area contributed by atoms with Gasteiger partial charge in [-0.1, -0.05) is 18.2 Å².